The van der Waals surface area contributed by atoms with E-state index in [4.69, 9.17) is 11.6 Å². The Morgan fingerprint density at radius 3 is 2.58 bits per heavy atom. The van der Waals surface area contributed by atoms with E-state index in [1.165, 1.54) is 19.3 Å². The van der Waals surface area contributed by atoms with Gasteiger partial charge in [-0.15, -0.1) is 0 Å². The van der Waals surface area contributed by atoms with Gasteiger partial charge in [0.25, 0.3) is 0 Å². The lowest BCUT2D eigenvalue weighted by atomic mass is 9.76. The van der Waals surface area contributed by atoms with Crippen LogP contribution >= 0.6 is 11.6 Å². The van der Waals surface area contributed by atoms with Crippen molar-refractivity contribution in [2.45, 2.75) is 63.8 Å². The summed E-state index contributed by atoms with van der Waals surface area (Å²) in [5.74, 6) is 0.226. The molecule has 1 aliphatic rings. The molecule has 36 heavy (non-hydrogen) atoms. The van der Waals surface area contributed by atoms with E-state index in [0.717, 1.165) is 43.1 Å². The molecule has 1 saturated carbocycles. The highest BCUT2D eigenvalue weighted by molar-refractivity contribution is 6.30. The van der Waals surface area contributed by atoms with E-state index < -0.39 is 6.04 Å². The first kappa shape index (κ1) is 27.9. The average Bonchev–Trinajstić information content (AvgIpc) is 2.90. The Labute approximate surface area is 219 Å². The fraction of sp³-hybridized carbons (Fsp3) is 0.483. The van der Waals surface area contributed by atoms with Crippen molar-refractivity contribution < 1.29 is 14.4 Å². The first-order valence-electron chi connectivity index (χ1n) is 12.9. The minimum absolute atomic E-state index is 0.0461. The largest absolute Gasteiger partial charge is 0.346 e. The zero-order valence-electron chi connectivity index (χ0n) is 21.1. The van der Waals surface area contributed by atoms with Gasteiger partial charge in [0.15, 0.2) is 0 Å². The summed E-state index contributed by atoms with van der Waals surface area (Å²) in [7, 11) is 1.76. The molecule has 1 fully saturated rings. The van der Waals surface area contributed by atoms with Gasteiger partial charge in [0, 0.05) is 37.4 Å². The fourth-order valence-electron chi connectivity index (χ4n) is 4.90. The number of pyridine rings is 1. The molecule has 3 rings (SSSR count). The highest BCUT2D eigenvalue weighted by Gasteiger charge is 2.27. The third-order valence-corrected chi connectivity index (χ3v) is 7.29. The van der Waals surface area contributed by atoms with Gasteiger partial charge in [-0.1, -0.05) is 55.8 Å². The lowest BCUT2D eigenvalue weighted by Gasteiger charge is -2.30. The van der Waals surface area contributed by atoms with Crippen LogP contribution in [-0.4, -0.2) is 47.6 Å². The van der Waals surface area contributed by atoms with Crippen LogP contribution in [0.25, 0.3) is 0 Å². The summed E-state index contributed by atoms with van der Waals surface area (Å²) >= 11 is 6.18. The zero-order chi connectivity index (χ0) is 25.8. The van der Waals surface area contributed by atoms with Crippen LogP contribution in [0.4, 0.5) is 0 Å². The SMILES string of the molecule is CN(CCc1ccncc1)C(=O)CC[C@@H](C=O)NC(=O)[CH][C@@H](Cc1cccc(Cl)c1)C1CCCCC1. The summed E-state index contributed by atoms with van der Waals surface area (Å²) in [6, 6.07) is 10.9. The lowest BCUT2D eigenvalue weighted by molar-refractivity contribution is -0.130. The number of nitrogens with zero attached hydrogens (tertiary/aromatic N) is 2. The predicted octanol–water partition coefficient (Wildman–Crippen LogP) is 4.84. The molecule has 0 saturated heterocycles. The highest BCUT2D eigenvalue weighted by atomic mass is 35.5. The van der Waals surface area contributed by atoms with Crippen molar-refractivity contribution in [1.82, 2.24) is 15.2 Å². The summed E-state index contributed by atoms with van der Waals surface area (Å²) in [6.45, 7) is 0.585. The van der Waals surface area contributed by atoms with E-state index in [1.54, 1.807) is 30.8 Å². The number of hydrogen-bond donors (Lipinski definition) is 1. The van der Waals surface area contributed by atoms with Gasteiger partial charge >= 0.3 is 0 Å². The van der Waals surface area contributed by atoms with Crippen LogP contribution < -0.4 is 5.32 Å². The van der Waals surface area contributed by atoms with Gasteiger partial charge in [0.1, 0.15) is 6.29 Å². The molecular formula is C29H37ClN3O3. The number of carbonyl (C=O) groups is 3. The van der Waals surface area contributed by atoms with E-state index in [9.17, 15) is 14.4 Å². The number of amides is 2. The second-order valence-corrected chi connectivity index (χ2v) is 10.2. The molecule has 1 aromatic carbocycles. The summed E-state index contributed by atoms with van der Waals surface area (Å²) in [5.41, 5.74) is 2.22. The summed E-state index contributed by atoms with van der Waals surface area (Å²) in [4.78, 5) is 42.8. The van der Waals surface area contributed by atoms with Gasteiger partial charge in [-0.25, -0.2) is 0 Å². The van der Waals surface area contributed by atoms with Gasteiger partial charge in [-0.05, 0) is 66.5 Å². The molecule has 1 radical (unpaired) electrons. The quantitative estimate of drug-likeness (QED) is 0.391. The molecule has 0 aliphatic heterocycles. The molecule has 2 aromatic rings. The van der Waals surface area contributed by atoms with Crippen LogP contribution in [0, 0.1) is 18.3 Å². The number of aldehydes is 1. The molecule has 2 amide bonds. The number of likely N-dealkylation sites (N-methyl/N-ethyl adjacent to an activating group) is 1. The second kappa shape index (κ2) is 14.7. The molecule has 0 spiro atoms. The summed E-state index contributed by atoms with van der Waals surface area (Å²) < 4.78 is 0. The van der Waals surface area contributed by atoms with Crippen molar-refractivity contribution in [3.05, 3.63) is 71.4 Å². The fourth-order valence-corrected chi connectivity index (χ4v) is 5.11. The van der Waals surface area contributed by atoms with E-state index in [-0.39, 0.29) is 30.6 Å². The zero-order valence-corrected chi connectivity index (χ0v) is 21.8. The van der Waals surface area contributed by atoms with E-state index in [2.05, 4.69) is 10.3 Å². The Morgan fingerprint density at radius 1 is 1.14 bits per heavy atom. The van der Waals surface area contributed by atoms with Crippen LogP contribution in [-0.2, 0) is 27.2 Å². The molecule has 1 N–H and O–H groups in total. The van der Waals surface area contributed by atoms with Crippen molar-refractivity contribution in [3.63, 3.8) is 0 Å². The van der Waals surface area contributed by atoms with Gasteiger partial charge in [0.2, 0.25) is 11.8 Å². The summed E-state index contributed by atoms with van der Waals surface area (Å²) in [5, 5.41) is 3.51. The van der Waals surface area contributed by atoms with Crippen molar-refractivity contribution in [1.29, 1.82) is 0 Å². The van der Waals surface area contributed by atoms with Crippen LogP contribution in [0.1, 0.15) is 56.1 Å². The lowest BCUT2D eigenvalue weighted by Crippen LogP contribution is -2.39. The number of rotatable bonds is 13. The van der Waals surface area contributed by atoms with Gasteiger partial charge < -0.3 is 15.0 Å². The third-order valence-electron chi connectivity index (χ3n) is 7.05. The Balaban J connectivity index is 1.49. The second-order valence-electron chi connectivity index (χ2n) is 9.77. The topological polar surface area (TPSA) is 79.4 Å². The van der Waals surface area contributed by atoms with E-state index in [0.29, 0.717) is 17.5 Å². The van der Waals surface area contributed by atoms with Gasteiger partial charge in [-0.2, -0.15) is 0 Å². The number of benzene rings is 1. The summed E-state index contributed by atoms with van der Waals surface area (Å²) in [6.07, 6.45) is 13.7. The first-order chi connectivity index (χ1) is 17.4. The molecule has 6 nitrogen and oxygen atoms in total. The molecule has 0 bridgehead atoms. The van der Waals surface area contributed by atoms with E-state index >= 15 is 0 Å². The molecule has 193 valence electrons. The minimum Gasteiger partial charge on any atom is -0.346 e. The average molecular weight is 511 g/mol. The van der Waals surface area contributed by atoms with Crippen molar-refractivity contribution in [2.75, 3.05) is 13.6 Å². The van der Waals surface area contributed by atoms with E-state index in [1.807, 2.05) is 36.4 Å². The Morgan fingerprint density at radius 2 is 1.89 bits per heavy atom. The number of hydrogen-bond acceptors (Lipinski definition) is 4. The van der Waals surface area contributed by atoms with Crippen LogP contribution in [0.2, 0.25) is 5.02 Å². The first-order valence-corrected chi connectivity index (χ1v) is 13.3. The Hall–Kier alpha value is -2.73. The molecule has 1 aromatic heterocycles. The van der Waals surface area contributed by atoms with Crippen LogP contribution in [0.3, 0.4) is 0 Å². The molecule has 0 unspecified atom stereocenters. The standard InChI is InChI=1S/C29H37ClN3O3/c1-33(17-14-22-12-15-31-16-13-22)29(36)11-10-27(21-34)32-28(35)20-25(24-7-3-2-4-8-24)18-23-6-5-9-26(30)19-23/h5-6,9,12-13,15-16,19-21,24-25,27H,2-4,7-8,10-11,14,17-18H2,1H3,(H,32,35)/t25-,27+/m1/s1. The maximum absolute atomic E-state index is 12.9. The van der Waals surface area contributed by atoms with Crippen molar-refractivity contribution in [3.8, 4) is 0 Å². The molecule has 1 heterocycles. The maximum atomic E-state index is 12.9. The Bertz CT molecular complexity index is 979. The number of aromatic nitrogens is 1. The minimum atomic E-state index is -0.690. The van der Waals surface area contributed by atoms with Gasteiger partial charge in [0.05, 0.1) is 12.5 Å². The van der Waals surface area contributed by atoms with Crippen LogP contribution in [0.15, 0.2) is 48.8 Å². The monoisotopic (exact) mass is 510 g/mol. The number of halogens is 1. The highest BCUT2D eigenvalue weighted by Crippen LogP contribution is 2.34. The maximum Gasteiger partial charge on any atom is 0.224 e. The number of carbonyl (C=O) groups excluding carboxylic acids is 3. The normalized spacial score (nSPS) is 15.6. The molecule has 2 atom stereocenters. The van der Waals surface area contributed by atoms with Gasteiger partial charge in [-0.3, -0.25) is 14.6 Å². The molecule has 7 heteroatoms. The smallest absolute Gasteiger partial charge is 0.224 e. The predicted molar refractivity (Wildman–Crippen MR) is 142 cm³/mol. The molecule has 1 aliphatic carbocycles. The Kier molecular flexibility index (Phi) is 11.4. The molecular weight excluding hydrogens is 474 g/mol. The third kappa shape index (κ3) is 9.38. The number of nitrogens with one attached hydrogen (secondary N) is 1. The van der Waals surface area contributed by atoms with Crippen molar-refractivity contribution in [2.24, 2.45) is 11.8 Å². The van der Waals surface area contributed by atoms with Crippen LogP contribution in [0.5, 0.6) is 0 Å². The van der Waals surface area contributed by atoms with Crippen molar-refractivity contribution >= 4 is 29.7 Å².